The van der Waals surface area contributed by atoms with E-state index in [-0.39, 0.29) is 30.3 Å². The number of rotatable bonds is 4. The van der Waals surface area contributed by atoms with E-state index in [0.717, 1.165) is 11.4 Å². The monoisotopic (exact) mass is 397 g/mol. The van der Waals surface area contributed by atoms with Crippen LogP contribution in [0.3, 0.4) is 0 Å². The Labute approximate surface area is 170 Å². The third-order valence-electron chi connectivity index (χ3n) is 5.18. The molecule has 0 fully saturated rings. The Bertz CT molecular complexity index is 961. The van der Waals surface area contributed by atoms with Gasteiger partial charge in [0.05, 0.1) is 16.9 Å². The highest BCUT2D eigenvalue weighted by atomic mass is 16.5. The van der Waals surface area contributed by atoms with Gasteiger partial charge in [-0.15, -0.1) is 0 Å². The summed E-state index contributed by atoms with van der Waals surface area (Å²) in [6.07, 6.45) is 0.171. The number of esters is 1. The largest absolute Gasteiger partial charge is 0.452 e. The molecular formula is C22H27N3O4. The van der Waals surface area contributed by atoms with Crippen molar-refractivity contribution in [1.29, 1.82) is 0 Å². The quantitative estimate of drug-likeness (QED) is 0.799. The molecule has 0 aliphatic carbocycles. The molecule has 0 radical (unpaired) electrons. The van der Waals surface area contributed by atoms with Gasteiger partial charge >= 0.3 is 5.97 Å². The molecule has 1 aliphatic rings. The predicted octanol–water partition coefficient (Wildman–Crippen LogP) is 3.61. The zero-order valence-electron chi connectivity index (χ0n) is 17.5. The number of aryl methyl sites for hydroxylation is 1. The second-order valence-electron chi connectivity index (χ2n) is 7.71. The van der Waals surface area contributed by atoms with Gasteiger partial charge in [0.2, 0.25) is 5.91 Å². The molecule has 1 aromatic carbocycles. The second kappa shape index (κ2) is 8.11. The van der Waals surface area contributed by atoms with Gasteiger partial charge in [-0.3, -0.25) is 9.59 Å². The maximum absolute atomic E-state index is 12.9. The Balaban J connectivity index is 1.78. The molecule has 0 saturated heterocycles. The standard InChI is InChI=1S/C22H27N3O4/c1-13(2)24-14(3)10-17(16(24)5)22(28)29-12-21(27)25-15(4)11-20(26)23-18-8-6-7-9-19(18)25/h6-10,13,15H,11-12H2,1-5H3,(H,23,26). The van der Waals surface area contributed by atoms with Crippen LogP contribution in [0, 0.1) is 13.8 Å². The summed E-state index contributed by atoms with van der Waals surface area (Å²) >= 11 is 0. The molecule has 7 nitrogen and oxygen atoms in total. The van der Waals surface area contributed by atoms with E-state index < -0.39 is 12.6 Å². The molecule has 1 aliphatic heterocycles. The number of aromatic nitrogens is 1. The highest BCUT2D eigenvalue weighted by Crippen LogP contribution is 2.31. The molecule has 0 spiro atoms. The van der Waals surface area contributed by atoms with Crippen molar-refractivity contribution < 1.29 is 19.1 Å². The Morgan fingerprint density at radius 1 is 1.24 bits per heavy atom. The Kier molecular flexibility index (Phi) is 5.77. The fourth-order valence-electron chi connectivity index (χ4n) is 4.02. The third kappa shape index (κ3) is 4.04. The third-order valence-corrected chi connectivity index (χ3v) is 5.18. The van der Waals surface area contributed by atoms with Gasteiger partial charge in [0, 0.05) is 29.9 Å². The number of nitrogens with zero attached hydrogens (tertiary/aromatic N) is 2. The van der Waals surface area contributed by atoms with Crippen LogP contribution in [-0.2, 0) is 14.3 Å². The van der Waals surface area contributed by atoms with Gasteiger partial charge in [0.25, 0.3) is 5.91 Å². The first kappa shape index (κ1) is 20.6. The van der Waals surface area contributed by atoms with Gasteiger partial charge in [0.15, 0.2) is 6.61 Å². The van der Waals surface area contributed by atoms with E-state index in [1.54, 1.807) is 37.3 Å². The summed E-state index contributed by atoms with van der Waals surface area (Å²) in [5.41, 5.74) is 3.42. The number of carbonyl (C=O) groups is 3. The molecule has 3 rings (SSSR count). The van der Waals surface area contributed by atoms with Crippen LogP contribution in [0.1, 0.15) is 55.0 Å². The van der Waals surface area contributed by atoms with Crippen molar-refractivity contribution in [2.24, 2.45) is 0 Å². The summed E-state index contributed by atoms with van der Waals surface area (Å²) in [7, 11) is 0. The van der Waals surface area contributed by atoms with Crippen molar-refractivity contribution in [2.75, 3.05) is 16.8 Å². The molecule has 1 N–H and O–H groups in total. The molecule has 2 heterocycles. The van der Waals surface area contributed by atoms with Gasteiger partial charge in [-0.1, -0.05) is 12.1 Å². The fourth-order valence-corrected chi connectivity index (χ4v) is 4.02. The van der Waals surface area contributed by atoms with Gasteiger partial charge < -0.3 is 19.5 Å². The zero-order chi connectivity index (χ0) is 21.3. The smallest absolute Gasteiger partial charge is 0.340 e. The SMILES string of the molecule is Cc1cc(C(=O)OCC(=O)N2c3ccccc3NC(=O)CC2C)c(C)n1C(C)C. The average molecular weight is 397 g/mol. The normalized spacial score (nSPS) is 16.3. The summed E-state index contributed by atoms with van der Waals surface area (Å²) in [5.74, 6) is -1.05. The number of para-hydroxylation sites is 2. The Morgan fingerprint density at radius 3 is 2.59 bits per heavy atom. The van der Waals surface area contributed by atoms with Crippen molar-refractivity contribution in [2.45, 2.75) is 53.1 Å². The molecular weight excluding hydrogens is 370 g/mol. The van der Waals surface area contributed by atoms with E-state index in [1.165, 1.54) is 4.90 Å². The van der Waals surface area contributed by atoms with Gasteiger partial charge in [-0.2, -0.15) is 0 Å². The van der Waals surface area contributed by atoms with Crippen LogP contribution in [0.15, 0.2) is 30.3 Å². The Hall–Kier alpha value is -3.09. The van der Waals surface area contributed by atoms with E-state index >= 15 is 0 Å². The van der Waals surface area contributed by atoms with Crippen molar-refractivity contribution in [1.82, 2.24) is 4.57 Å². The molecule has 29 heavy (non-hydrogen) atoms. The summed E-state index contributed by atoms with van der Waals surface area (Å²) in [5, 5.41) is 2.81. The highest BCUT2D eigenvalue weighted by molar-refractivity contribution is 6.05. The molecule has 2 amide bonds. The summed E-state index contributed by atoms with van der Waals surface area (Å²) in [6.45, 7) is 9.32. The number of nitrogens with one attached hydrogen (secondary N) is 1. The van der Waals surface area contributed by atoms with Crippen LogP contribution in [0.25, 0.3) is 0 Å². The molecule has 154 valence electrons. The molecule has 1 unspecified atom stereocenters. The lowest BCUT2D eigenvalue weighted by atomic mass is 10.1. The first-order valence-electron chi connectivity index (χ1n) is 9.77. The number of fused-ring (bicyclic) bond motifs is 1. The van der Waals surface area contributed by atoms with Crippen LogP contribution in [0.5, 0.6) is 0 Å². The van der Waals surface area contributed by atoms with E-state index in [4.69, 9.17) is 4.74 Å². The highest BCUT2D eigenvalue weighted by Gasteiger charge is 2.30. The number of carbonyl (C=O) groups excluding carboxylic acids is 3. The minimum atomic E-state index is -0.525. The summed E-state index contributed by atoms with van der Waals surface area (Å²) < 4.78 is 7.41. The lowest BCUT2D eigenvalue weighted by Crippen LogP contribution is -2.41. The van der Waals surface area contributed by atoms with Crippen LogP contribution in [0.4, 0.5) is 11.4 Å². The van der Waals surface area contributed by atoms with Crippen molar-refractivity contribution in [3.05, 3.63) is 47.3 Å². The number of hydrogen-bond acceptors (Lipinski definition) is 4. The molecule has 7 heteroatoms. The molecule has 0 saturated carbocycles. The molecule has 1 atom stereocenters. The minimum Gasteiger partial charge on any atom is -0.452 e. The van der Waals surface area contributed by atoms with Crippen LogP contribution < -0.4 is 10.2 Å². The van der Waals surface area contributed by atoms with E-state index in [2.05, 4.69) is 9.88 Å². The average Bonchev–Trinajstić information content (AvgIpc) is 2.87. The maximum atomic E-state index is 12.9. The molecule has 0 bridgehead atoms. The lowest BCUT2D eigenvalue weighted by molar-refractivity contribution is -0.122. The van der Waals surface area contributed by atoms with Crippen LogP contribution in [0.2, 0.25) is 0 Å². The number of amides is 2. The topological polar surface area (TPSA) is 80.6 Å². The molecule has 2 aromatic rings. The van der Waals surface area contributed by atoms with Crippen molar-refractivity contribution in [3.8, 4) is 0 Å². The first-order valence-corrected chi connectivity index (χ1v) is 9.77. The zero-order valence-corrected chi connectivity index (χ0v) is 17.5. The first-order chi connectivity index (χ1) is 13.7. The predicted molar refractivity (Wildman–Crippen MR) is 111 cm³/mol. The van der Waals surface area contributed by atoms with Crippen molar-refractivity contribution >= 4 is 29.2 Å². The van der Waals surface area contributed by atoms with E-state index in [9.17, 15) is 14.4 Å². The fraction of sp³-hybridized carbons (Fsp3) is 0.409. The van der Waals surface area contributed by atoms with Gasteiger partial charge in [-0.05, 0) is 52.8 Å². The second-order valence-corrected chi connectivity index (χ2v) is 7.71. The summed E-state index contributed by atoms with van der Waals surface area (Å²) in [6, 6.07) is 8.77. The maximum Gasteiger partial charge on any atom is 0.340 e. The number of hydrogen-bond donors (Lipinski definition) is 1. The minimum absolute atomic E-state index is 0.154. The van der Waals surface area contributed by atoms with Crippen molar-refractivity contribution in [3.63, 3.8) is 0 Å². The number of ether oxygens (including phenoxy) is 1. The molecule has 1 aromatic heterocycles. The lowest BCUT2D eigenvalue weighted by Gasteiger charge is -2.27. The van der Waals surface area contributed by atoms with Crippen LogP contribution in [-0.4, -0.2) is 35.0 Å². The summed E-state index contributed by atoms with van der Waals surface area (Å²) in [4.78, 5) is 39.1. The number of benzene rings is 1. The van der Waals surface area contributed by atoms with E-state index in [0.29, 0.717) is 16.9 Å². The van der Waals surface area contributed by atoms with Gasteiger partial charge in [-0.25, -0.2) is 4.79 Å². The number of anilines is 2. The van der Waals surface area contributed by atoms with E-state index in [1.807, 2.05) is 27.7 Å². The van der Waals surface area contributed by atoms with Crippen LogP contribution >= 0.6 is 0 Å². The Morgan fingerprint density at radius 2 is 1.93 bits per heavy atom. The van der Waals surface area contributed by atoms with Gasteiger partial charge in [0.1, 0.15) is 0 Å².